The molecular weight excluding hydrogens is 289 g/mol. The number of hydrogen-bond donors (Lipinski definition) is 1. The summed E-state index contributed by atoms with van der Waals surface area (Å²) in [5.41, 5.74) is 1.60. The lowest BCUT2D eigenvalue weighted by Crippen LogP contribution is -2.38. The first-order valence-electron chi connectivity index (χ1n) is 5.21. The summed E-state index contributed by atoms with van der Waals surface area (Å²) in [6.45, 7) is 1.92. The number of alkyl halides is 1. The Kier molecular flexibility index (Phi) is 3.27. The molecule has 1 aromatic rings. The van der Waals surface area contributed by atoms with Crippen molar-refractivity contribution in [3.05, 3.63) is 34.3 Å². The highest BCUT2D eigenvalue weighted by Gasteiger charge is 2.43. The van der Waals surface area contributed by atoms with Crippen LogP contribution in [-0.4, -0.2) is 16.8 Å². The molecule has 0 atom stereocenters. The van der Waals surface area contributed by atoms with Crippen LogP contribution in [0.2, 0.25) is 5.02 Å². The monoisotopic (exact) mass is 301 g/mol. The van der Waals surface area contributed by atoms with E-state index in [4.69, 9.17) is 11.6 Å². The van der Waals surface area contributed by atoms with Crippen molar-refractivity contribution < 1.29 is 4.79 Å². The number of carbonyl (C=O) groups excluding carboxylic acids is 1. The number of carbonyl (C=O) groups is 1. The third-order valence-corrected chi connectivity index (χ3v) is 4.24. The van der Waals surface area contributed by atoms with Gasteiger partial charge in [0.1, 0.15) is 0 Å². The van der Waals surface area contributed by atoms with Crippen LogP contribution < -0.4 is 5.32 Å². The molecule has 1 aromatic carbocycles. The first kappa shape index (κ1) is 11.9. The fraction of sp³-hybridized carbons (Fsp3) is 0.417. The summed E-state index contributed by atoms with van der Waals surface area (Å²) in [6.07, 6.45) is 2.09. The SMILES string of the molecule is Cc1ccc(Cl)cc1C(=O)NC1(CBr)CC1. The number of amides is 1. The van der Waals surface area contributed by atoms with E-state index >= 15 is 0 Å². The van der Waals surface area contributed by atoms with Gasteiger partial charge in [0, 0.05) is 15.9 Å². The quantitative estimate of drug-likeness (QED) is 0.853. The van der Waals surface area contributed by atoms with Gasteiger partial charge < -0.3 is 5.32 Å². The minimum Gasteiger partial charge on any atom is -0.346 e. The fourth-order valence-corrected chi connectivity index (χ4v) is 2.46. The number of aryl methyl sites for hydroxylation is 1. The highest BCUT2D eigenvalue weighted by atomic mass is 79.9. The van der Waals surface area contributed by atoms with E-state index in [1.54, 1.807) is 12.1 Å². The second kappa shape index (κ2) is 4.38. The zero-order valence-electron chi connectivity index (χ0n) is 9.02. The molecule has 86 valence electrons. The van der Waals surface area contributed by atoms with Crippen LogP contribution >= 0.6 is 27.5 Å². The van der Waals surface area contributed by atoms with Crippen molar-refractivity contribution >= 4 is 33.4 Å². The molecule has 1 amide bonds. The Bertz CT molecular complexity index is 429. The van der Waals surface area contributed by atoms with Crippen molar-refractivity contribution in [3.63, 3.8) is 0 Å². The summed E-state index contributed by atoms with van der Waals surface area (Å²) in [5, 5.41) is 4.46. The molecule has 16 heavy (non-hydrogen) atoms. The maximum Gasteiger partial charge on any atom is 0.252 e. The highest BCUT2D eigenvalue weighted by Crippen LogP contribution is 2.37. The predicted octanol–water partition coefficient (Wildman–Crippen LogP) is 3.31. The van der Waals surface area contributed by atoms with Crippen molar-refractivity contribution in [2.45, 2.75) is 25.3 Å². The Labute approximate surface area is 108 Å². The molecule has 1 N–H and O–H groups in total. The lowest BCUT2D eigenvalue weighted by molar-refractivity contribution is 0.0936. The van der Waals surface area contributed by atoms with Gasteiger partial charge in [-0.2, -0.15) is 0 Å². The van der Waals surface area contributed by atoms with Gasteiger partial charge in [-0.25, -0.2) is 0 Å². The smallest absolute Gasteiger partial charge is 0.252 e. The third-order valence-electron chi connectivity index (χ3n) is 2.93. The van der Waals surface area contributed by atoms with Gasteiger partial charge in [0.25, 0.3) is 5.91 Å². The molecule has 0 bridgehead atoms. The van der Waals surface area contributed by atoms with E-state index in [0.717, 1.165) is 23.7 Å². The van der Waals surface area contributed by atoms with Crippen molar-refractivity contribution in [2.75, 3.05) is 5.33 Å². The molecule has 0 heterocycles. The number of rotatable bonds is 3. The van der Waals surface area contributed by atoms with Crippen molar-refractivity contribution in [3.8, 4) is 0 Å². The number of halogens is 2. The number of benzene rings is 1. The zero-order valence-corrected chi connectivity index (χ0v) is 11.4. The van der Waals surface area contributed by atoms with E-state index in [9.17, 15) is 4.79 Å². The lowest BCUT2D eigenvalue weighted by Gasteiger charge is -2.15. The first-order chi connectivity index (χ1) is 7.56. The Morgan fingerprint density at radius 3 is 2.81 bits per heavy atom. The first-order valence-corrected chi connectivity index (χ1v) is 6.71. The topological polar surface area (TPSA) is 29.1 Å². The molecule has 0 aromatic heterocycles. The van der Waals surface area contributed by atoms with Gasteiger partial charge >= 0.3 is 0 Å². The van der Waals surface area contributed by atoms with Crippen LogP contribution in [0.4, 0.5) is 0 Å². The Morgan fingerprint density at radius 2 is 2.25 bits per heavy atom. The Morgan fingerprint density at radius 1 is 1.56 bits per heavy atom. The van der Waals surface area contributed by atoms with E-state index in [2.05, 4.69) is 21.2 Å². The molecule has 1 fully saturated rings. The van der Waals surface area contributed by atoms with Gasteiger partial charge in [0.2, 0.25) is 0 Å². The number of hydrogen-bond acceptors (Lipinski definition) is 1. The van der Waals surface area contributed by atoms with Crippen LogP contribution in [-0.2, 0) is 0 Å². The molecule has 1 saturated carbocycles. The molecule has 4 heteroatoms. The minimum atomic E-state index is -0.0306. The van der Waals surface area contributed by atoms with E-state index < -0.39 is 0 Å². The van der Waals surface area contributed by atoms with Gasteiger partial charge in [-0.3, -0.25) is 4.79 Å². The van der Waals surface area contributed by atoms with Crippen LogP contribution in [0.5, 0.6) is 0 Å². The molecule has 0 radical (unpaired) electrons. The normalized spacial score (nSPS) is 16.9. The average Bonchev–Trinajstić information content (AvgIpc) is 3.02. The lowest BCUT2D eigenvalue weighted by atomic mass is 10.1. The van der Waals surface area contributed by atoms with Gasteiger partial charge in [0.05, 0.1) is 5.54 Å². The van der Waals surface area contributed by atoms with E-state index in [1.165, 1.54) is 0 Å². The Balaban J connectivity index is 2.17. The zero-order chi connectivity index (χ0) is 11.8. The standard InChI is InChI=1S/C12H13BrClNO/c1-8-2-3-9(14)6-10(8)11(16)15-12(7-13)4-5-12/h2-3,6H,4-5,7H2,1H3,(H,15,16). The summed E-state index contributed by atoms with van der Waals surface area (Å²) >= 11 is 9.32. The van der Waals surface area contributed by atoms with E-state index in [0.29, 0.717) is 10.6 Å². The second-order valence-corrected chi connectivity index (χ2v) is 5.32. The van der Waals surface area contributed by atoms with Gasteiger partial charge in [-0.05, 0) is 37.5 Å². The van der Waals surface area contributed by atoms with Crippen LogP contribution in [0, 0.1) is 6.92 Å². The van der Waals surface area contributed by atoms with Gasteiger partial charge in [-0.15, -0.1) is 0 Å². The van der Waals surface area contributed by atoms with E-state index in [-0.39, 0.29) is 11.4 Å². The minimum absolute atomic E-state index is 0.0220. The van der Waals surface area contributed by atoms with Crippen molar-refractivity contribution in [2.24, 2.45) is 0 Å². The molecule has 1 aliphatic carbocycles. The molecule has 0 saturated heterocycles. The number of nitrogens with one attached hydrogen (secondary N) is 1. The molecule has 0 aliphatic heterocycles. The molecule has 0 spiro atoms. The highest BCUT2D eigenvalue weighted by molar-refractivity contribution is 9.09. The van der Waals surface area contributed by atoms with Gasteiger partial charge in [0.15, 0.2) is 0 Å². The largest absolute Gasteiger partial charge is 0.346 e. The van der Waals surface area contributed by atoms with Gasteiger partial charge in [-0.1, -0.05) is 33.6 Å². The summed E-state index contributed by atoms with van der Waals surface area (Å²) in [7, 11) is 0. The summed E-state index contributed by atoms with van der Waals surface area (Å²) in [4.78, 5) is 12.0. The fourth-order valence-electron chi connectivity index (χ4n) is 1.59. The molecule has 2 rings (SSSR count). The van der Waals surface area contributed by atoms with E-state index in [1.807, 2.05) is 13.0 Å². The average molecular weight is 303 g/mol. The molecule has 0 unspecified atom stereocenters. The van der Waals surface area contributed by atoms with Crippen LogP contribution in [0.15, 0.2) is 18.2 Å². The summed E-state index contributed by atoms with van der Waals surface area (Å²) < 4.78 is 0. The summed E-state index contributed by atoms with van der Waals surface area (Å²) in [5.74, 6) is -0.0306. The summed E-state index contributed by atoms with van der Waals surface area (Å²) in [6, 6.07) is 5.38. The maximum absolute atomic E-state index is 12.0. The molecule has 1 aliphatic rings. The predicted molar refractivity (Wildman–Crippen MR) is 69.4 cm³/mol. The molecular formula is C12H13BrClNO. The molecule has 2 nitrogen and oxygen atoms in total. The van der Waals surface area contributed by atoms with Crippen LogP contribution in [0.25, 0.3) is 0 Å². The van der Waals surface area contributed by atoms with Crippen molar-refractivity contribution in [1.29, 1.82) is 0 Å². The second-order valence-electron chi connectivity index (χ2n) is 4.33. The van der Waals surface area contributed by atoms with Crippen molar-refractivity contribution in [1.82, 2.24) is 5.32 Å². The van der Waals surface area contributed by atoms with Crippen LogP contribution in [0.3, 0.4) is 0 Å². The third kappa shape index (κ3) is 2.41. The van der Waals surface area contributed by atoms with Crippen LogP contribution in [0.1, 0.15) is 28.8 Å². The Hall–Kier alpha value is -0.540. The maximum atomic E-state index is 12.0.